The number of carbonyl (C=O) groups is 1. The molecule has 7 nitrogen and oxygen atoms in total. The van der Waals surface area contributed by atoms with E-state index in [1.165, 1.54) is 11.3 Å². The Balaban J connectivity index is 1.77. The average Bonchev–Trinajstić information content (AvgIpc) is 3.18. The smallest absolute Gasteiger partial charge is 0.261 e. The summed E-state index contributed by atoms with van der Waals surface area (Å²) in [6.45, 7) is 2.62. The summed E-state index contributed by atoms with van der Waals surface area (Å²) in [5, 5.41) is 4.18. The molecule has 10 heteroatoms. The van der Waals surface area contributed by atoms with E-state index in [9.17, 15) is 4.79 Å². The molecule has 0 aliphatic rings. The highest BCUT2D eigenvalue weighted by Gasteiger charge is 2.19. The molecular weight excluding hydrogens is 457 g/mol. The molecule has 0 bridgehead atoms. The number of nitrogens with two attached hydrogens (primary N) is 1. The molecule has 1 amide bonds. The van der Waals surface area contributed by atoms with E-state index in [1.807, 2.05) is 25.1 Å². The number of ether oxygens (including phenoxy) is 1. The minimum Gasteiger partial charge on any atom is -0.486 e. The van der Waals surface area contributed by atoms with Crippen LogP contribution in [-0.4, -0.2) is 27.4 Å². The van der Waals surface area contributed by atoms with Crippen molar-refractivity contribution in [3.8, 4) is 17.0 Å². The molecule has 4 rings (SSSR count). The van der Waals surface area contributed by atoms with E-state index in [4.69, 9.17) is 33.7 Å². The quantitative estimate of drug-likeness (QED) is 0.409. The third kappa shape index (κ3) is 4.56. The maximum absolute atomic E-state index is 12.3. The number of hydrogen-bond acceptors (Lipinski definition) is 7. The number of rotatable bonds is 6. The van der Waals surface area contributed by atoms with Gasteiger partial charge in [-0.15, -0.1) is 11.3 Å². The number of aromatic nitrogens is 3. The zero-order chi connectivity index (χ0) is 22.0. The number of hydrogen-bond donors (Lipinski definition) is 2. The minimum atomic E-state index is -0.184. The second-order valence-corrected chi connectivity index (χ2v) is 8.34. The van der Waals surface area contributed by atoms with Crippen molar-refractivity contribution in [2.75, 3.05) is 12.3 Å². The number of nitrogen functional groups attached to an aromatic ring is 1. The Labute approximate surface area is 192 Å². The van der Waals surface area contributed by atoms with Crippen LogP contribution in [0, 0.1) is 0 Å². The number of thiophene rings is 1. The first kappa shape index (κ1) is 21.3. The molecular formula is C21H17Cl2N5O2S. The molecule has 158 valence electrons. The van der Waals surface area contributed by atoms with Crippen molar-refractivity contribution in [2.24, 2.45) is 0 Å². The van der Waals surface area contributed by atoms with Crippen LogP contribution < -0.4 is 15.8 Å². The highest BCUT2D eigenvalue weighted by Crippen LogP contribution is 2.40. The molecule has 0 saturated heterocycles. The SMILES string of the molecule is CCNC(=O)c1cc2c(-c3cc(OCc4ccccn4)c(Cl)cc3Cl)nc(N)nc2s1. The number of anilines is 1. The molecule has 0 aliphatic heterocycles. The van der Waals surface area contributed by atoms with Gasteiger partial charge in [-0.25, -0.2) is 9.97 Å². The van der Waals surface area contributed by atoms with Gasteiger partial charge >= 0.3 is 0 Å². The van der Waals surface area contributed by atoms with Crippen LogP contribution in [0.15, 0.2) is 42.6 Å². The predicted molar refractivity (Wildman–Crippen MR) is 124 cm³/mol. The van der Waals surface area contributed by atoms with Gasteiger partial charge in [0, 0.05) is 23.7 Å². The van der Waals surface area contributed by atoms with Gasteiger partial charge in [0.2, 0.25) is 5.95 Å². The fourth-order valence-electron chi connectivity index (χ4n) is 2.96. The normalized spacial score (nSPS) is 10.9. The van der Waals surface area contributed by atoms with E-state index < -0.39 is 0 Å². The third-order valence-electron chi connectivity index (χ3n) is 4.35. The van der Waals surface area contributed by atoms with Crippen molar-refractivity contribution in [1.29, 1.82) is 0 Å². The summed E-state index contributed by atoms with van der Waals surface area (Å²) in [5.41, 5.74) is 7.76. The molecule has 3 aromatic heterocycles. The van der Waals surface area contributed by atoms with Crippen LogP contribution in [0.5, 0.6) is 5.75 Å². The fraction of sp³-hybridized carbons (Fsp3) is 0.143. The summed E-state index contributed by atoms with van der Waals surface area (Å²) in [5.74, 6) is 0.321. The fourth-order valence-corrected chi connectivity index (χ4v) is 4.44. The summed E-state index contributed by atoms with van der Waals surface area (Å²) in [4.78, 5) is 26.3. The molecule has 0 aliphatic carbocycles. The van der Waals surface area contributed by atoms with Gasteiger partial charge in [0.15, 0.2) is 0 Å². The highest BCUT2D eigenvalue weighted by molar-refractivity contribution is 7.20. The van der Waals surface area contributed by atoms with E-state index >= 15 is 0 Å². The number of carbonyl (C=O) groups excluding carboxylic acids is 1. The summed E-state index contributed by atoms with van der Waals surface area (Å²) in [6.07, 6.45) is 1.69. The molecule has 3 heterocycles. The third-order valence-corrected chi connectivity index (χ3v) is 5.99. The van der Waals surface area contributed by atoms with E-state index in [0.29, 0.717) is 48.7 Å². The zero-order valence-electron chi connectivity index (χ0n) is 16.4. The van der Waals surface area contributed by atoms with Crippen LogP contribution in [0.25, 0.3) is 21.5 Å². The van der Waals surface area contributed by atoms with Gasteiger partial charge < -0.3 is 15.8 Å². The van der Waals surface area contributed by atoms with E-state index in [1.54, 1.807) is 24.4 Å². The lowest BCUT2D eigenvalue weighted by Gasteiger charge is -2.12. The lowest BCUT2D eigenvalue weighted by atomic mass is 10.1. The van der Waals surface area contributed by atoms with Gasteiger partial charge in [0.25, 0.3) is 5.91 Å². The van der Waals surface area contributed by atoms with Gasteiger partial charge in [-0.3, -0.25) is 9.78 Å². The minimum absolute atomic E-state index is 0.0776. The van der Waals surface area contributed by atoms with Crippen LogP contribution in [0.1, 0.15) is 22.3 Å². The van der Waals surface area contributed by atoms with Crippen molar-refractivity contribution in [3.05, 3.63) is 63.2 Å². The molecule has 31 heavy (non-hydrogen) atoms. The number of benzene rings is 1. The van der Waals surface area contributed by atoms with Crippen LogP contribution in [0.2, 0.25) is 10.0 Å². The van der Waals surface area contributed by atoms with Crippen LogP contribution in [0.4, 0.5) is 5.95 Å². The molecule has 0 saturated carbocycles. The predicted octanol–water partition coefficient (Wildman–Crippen LogP) is 4.97. The lowest BCUT2D eigenvalue weighted by Crippen LogP contribution is -2.21. The standard InChI is InChI=1S/C21H17Cl2N5O2S/c1-2-25-19(29)17-8-13-18(27-21(24)28-20(13)31-17)12-7-16(15(23)9-14(12)22)30-10-11-5-3-4-6-26-11/h3-9H,2,10H2,1H3,(H,25,29)(H2,24,27,28). The van der Waals surface area contributed by atoms with Crippen molar-refractivity contribution < 1.29 is 9.53 Å². The summed E-state index contributed by atoms with van der Waals surface area (Å²) < 4.78 is 5.87. The number of halogens is 2. The van der Waals surface area contributed by atoms with E-state index in [-0.39, 0.29) is 18.5 Å². The molecule has 0 atom stereocenters. The molecule has 0 fully saturated rings. The largest absolute Gasteiger partial charge is 0.486 e. The van der Waals surface area contributed by atoms with Crippen LogP contribution in [0.3, 0.4) is 0 Å². The highest BCUT2D eigenvalue weighted by atomic mass is 35.5. The van der Waals surface area contributed by atoms with Gasteiger partial charge in [0.05, 0.1) is 26.3 Å². The summed E-state index contributed by atoms with van der Waals surface area (Å²) >= 11 is 14.1. The van der Waals surface area contributed by atoms with Crippen molar-refractivity contribution in [1.82, 2.24) is 20.3 Å². The Morgan fingerprint density at radius 1 is 1.19 bits per heavy atom. The first-order valence-corrected chi connectivity index (χ1v) is 10.9. The molecule has 4 aromatic rings. The van der Waals surface area contributed by atoms with Gasteiger partial charge in [0.1, 0.15) is 17.2 Å². The molecule has 3 N–H and O–H groups in total. The molecule has 0 unspecified atom stereocenters. The Bertz CT molecular complexity index is 1260. The van der Waals surface area contributed by atoms with E-state index in [0.717, 1.165) is 5.69 Å². The number of pyridine rings is 1. The van der Waals surface area contributed by atoms with Gasteiger partial charge in [-0.1, -0.05) is 29.3 Å². The number of nitrogens with one attached hydrogen (secondary N) is 1. The number of fused-ring (bicyclic) bond motifs is 1. The Kier molecular flexibility index (Phi) is 6.22. The second-order valence-electron chi connectivity index (χ2n) is 6.49. The lowest BCUT2D eigenvalue weighted by molar-refractivity contribution is 0.0960. The summed E-state index contributed by atoms with van der Waals surface area (Å²) in [6, 6.07) is 10.6. The second kappa shape index (κ2) is 9.05. The maximum Gasteiger partial charge on any atom is 0.261 e. The zero-order valence-corrected chi connectivity index (χ0v) is 18.7. The van der Waals surface area contributed by atoms with Crippen molar-refractivity contribution in [3.63, 3.8) is 0 Å². The maximum atomic E-state index is 12.3. The summed E-state index contributed by atoms with van der Waals surface area (Å²) in [7, 11) is 0. The average molecular weight is 474 g/mol. The van der Waals surface area contributed by atoms with Gasteiger partial charge in [-0.05, 0) is 37.3 Å². The van der Waals surface area contributed by atoms with Crippen LogP contribution in [-0.2, 0) is 6.61 Å². The first-order chi connectivity index (χ1) is 15.0. The first-order valence-electron chi connectivity index (χ1n) is 9.33. The number of amides is 1. The topological polar surface area (TPSA) is 103 Å². The molecule has 0 spiro atoms. The number of nitrogens with zero attached hydrogens (tertiary/aromatic N) is 3. The molecule has 1 aromatic carbocycles. The van der Waals surface area contributed by atoms with Gasteiger partial charge in [-0.2, -0.15) is 0 Å². The van der Waals surface area contributed by atoms with Crippen molar-refractivity contribution in [2.45, 2.75) is 13.5 Å². The Hall–Kier alpha value is -2.94. The molecule has 0 radical (unpaired) electrons. The Morgan fingerprint density at radius 3 is 2.77 bits per heavy atom. The van der Waals surface area contributed by atoms with E-state index in [2.05, 4.69) is 20.3 Å². The van der Waals surface area contributed by atoms with Crippen molar-refractivity contribution >= 4 is 56.6 Å². The Morgan fingerprint density at radius 2 is 2.03 bits per heavy atom. The van der Waals surface area contributed by atoms with Crippen LogP contribution >= 0.6 is 34.5 Å². The monoisotopic (exact) mass is 473 g/mol.